The summed E-state index contributed by atoms with van der Waals surface area (Å²) < 4.78 is 15.8. The van der Waals surface area contributed by atoms with Gasteiger partial charge in [-0.3, -0.25) is 9.59 Å². The lowest BCUT2D eigenvalue weighted by Crippen LogP contribution is -2.32. The van der Waals surface area contributed by atoms with E-state index in [1.807, 2.05) is 6.92 Å². The molecule has 1 atom stereocenters. The minimum atomic E-state index is -0.415. The van der Waals surface area contributed by atoms with Gasteiger partial charge < -0.3 is 4.90 Å². The van der Waals surface area contributed by atoms with E-state index in [-0.39, 0.29) is 24.1 Å². The van der Waals surface area contributed by atoms with E-state index in [9.17, 15) is 14.0 Å². The van der Waals surface area contributed by atoms with Crippen LogP contribution in [-0.4, -0.2) is 21.7 Å². The Hall–Kier alpha value is -2.50. The van der Waals surface area contributed by atoms with Crippen molar-refractivity contribution in [2.75, 3.05) is 4.90 Å². The average Bonchev–Trinajstić information content (AvgIpc) is 2.98. The molecule has 1 aromatic carbocycles. The number of nitrogens with zero attached hydrogens (tertiary/aromatic N) is 3. The van der Waals surface area contributed by atoms with Crippen molar-refractivity contribution >= 4 is 11.6 Å². The summed E-state index contributed by atoms with van der Waals surface area (Å²) >= 11 is 0. The van der Waals surface area contributed by atoms with Crippen LogP contribution in [0, 0.1) is 5.82 Å². The summed E-state index contributed by atoms with van der Waals surface area (Å²) in [5.74, 6) is -0.473. The highest BCUT2D eigenvalue weighted by Crippen LogP contribution is 2.29. The second-order valence-electron chi connectivity index (χ2n) is 7.26. The van der Waals surface area contributed by atoms with Crippen LogP contribution in [0.5, 0.6) is 0 Å². The van der Waals surface area contributed by atoms with Crippen LogP contribution in [0.2, 0.25) is 0 Å². The number of rotatable bonds is 3. The molecule has 5 nitrogen and oxygen atoms in total. The highest BCUT2D eigenvalue weighted by molar-refractivity contribution is 5.96. The minimum Gasteiger partial charge on any atom is -0.307 e. The van der Waals surface area contributed by atoms with Crippen LogP contribution in [0.15, 0.2) is 29.2 Å². The smallest absolute Gasteiger partial charge is 0.270 e. The molecule has 0 spiro atoms. The topological polar surface area (TPSA) is 55.2 Å². The summed E-state index contributed by atoms with van der Waals surface area (Å²) in [6, 6.07) is 4.67. The number of benzene rings is 1. The molecule has 4 rings (SSSR count). The van der Waals surface area contributed by atoms with Crippen molar-refractivity contribution in [3.8, 4) is 0 Å². The molecule has 1 aliphatic carbocycles. The number of hydrogen-bond acceptors (Lipinski definition) is 3. The fourth-order valence-electron chi connectivity index (χ4n) is 3.99. The van der Waals surface area contributed by atoms with Crippen molar-refractivity contribution in [3.05, 3.63) is 57.3 Å². The number of amides is 1. The molecule has 136 valence electrons. The van der Waals surface area contributed by atoms with Crippen LogP contribution in [0.3, 0.4) is 0 Å². The summed E-state index contributed by atoms with van der Waals surface area (Å²) in [6.45, 7) is 2.20. The van der Waals surface area contributed by atoms with Crippen molar-refractivity contribution in [3.63, 3.8) is 0 Å². The lowest BCUT2D eigenvalue weighted by Gasteiger charge is -2.23. The molecule has 1 fully saturated rings. The molecule has 1 aromatic heterocycles. The monoisotopic (exact) mass is 355 g/mol. The molecule has 2 heterocycles. The summed E-state index contributed by atoms with van der Waals surface area (Å²) in [4.78, 5) is 26.3. The Balaban J connectivity index is 1.67. The molecule has 26 heavy (non-hydrogen) atoms. The Morgan fingerprint density at radius 2 is 2.00 bits per heavy atom. The third kappa shape index (κ3) is 2.93. The molecule has 1 amide bonds. The standard InChI is InChI=1S/C20H22FN3O2/c1-13-6-9-19(25)24(13)18-10-14(7-8-17(18)21)12-23-20(26)16-5-3-2-4-15(16)11-22-23/h7-8,10-11,13H,2-6,9,12H2,1H3. The van der Waals surface area contributed by atoms with Gasteiger partial charge in [-0.15, -0.1) is 0 Å². The first-order valence-corrected chi connectivity index (χ1v) is 9.23. The molecular weight excluding hydrogens is 333 g/mol. The van der Waals surface area contributed by atoms with E-state index < -0.39 is 5.82 Å². The SMILES string of the molecule is CC1CCC(=O)N1c1cc(Cn2ncc3c(c2=O)CCCC3)ccc1F. The van der Waals surface area contributed by atoms with Gasteiger partial charge in [-0.2, -0.15) is 5.10 Å². The molecule has 0 saturated carbocycles. The Bertz CT molecular complexity index is 922. The number of carbonyl (C=O) groups is 1. The Labute approximate surface area is 151 Å². The van der Waals surface area contributed by atoms with Gasteiger partial charge in [0.05, 0.1) is 18.4 Å². The maximum Gasteiger partial charge on any atom is 0.270 e. The van der Waals surface area contributed by atoms with Crippen molar-refractivity contribution in [2.24, 2.45) is 0 Å². The first kappa shape index (κ1) is 16.9. The van der Waals surface area contributed by atoms with Gasteiger partial charge in [0, 0.05) is 18.0 Å². The van der Waals surface area contributed by atoms with Crippen LogP contribution >= 0.6 is 0 Å². The summed E-state index contributed by atoms with van der Waals surface area (Å²) in [5, 5.41) is 4.30. The number of fused-ring (bicyclic) bond motifs is 1. The van der Waals surface area contributed by atoms with Gasteiger partial charge in [-0.05, 0) is 62.3 Å². The largest absolute Gasteiger partial charge is 0.307 e. The zero-order chi connectivity index (χ0) is 18.3. The fourth-order valence-corrected chi connectivity index (χ4v) is 3.99. The first-order chi connectivity index (χ1) is 12.5. The van der Waals surface area contributed by atoms with E-state index in [2.05, 4.69) is 5.10 Å². The molecule has 1 unspecified atom stereocenters. The van der Waals surface area contributed by atoms with Crippen molar-refractivity contribution in [2.45, 2.75) is 58.0 Å². The van der Waals surface area contributed by atoms with Gasteiger partial charge >= 0.3 is 0 Å². The van der Waals surface area contributed by atoms with Crippen LogP contribution in [0.25, 0.3) is 0 Å². The number of carbonyl (C=O) groups excluding carboxylic acids is 1. The quantitative estimate of drug-likeness (QED) is 0.851. The van der Waals surface area contributed by atoms with Gasteiger partial charge in [0.2, 0.25) is 5.91 Å². The van der Waals surface area contributed by atoms with Crippen LogP contribution < -0.4 is 10.5 Å². The van der Waals surface area contributed by atoms with Crippen LogP contribution in [-0.2, 0) is 24.2 Å². The normalized spacial score (nSPS) is 19.7. The third-order valence-electron chi connectivity index (χ3n) is 5.44. The molecule has 0 bridgehead atoms. The van der Waals surface area contributed by atoms with Gasteiger partial charge in [0.25, 0.3) is 5.56 Å². The van der Waals surface area contributed by atoms with Crippen molar-refractivity contribution in [1.82, 2.24) is 9.78 Å². The van der Waals surface area contributed by atoms with E-state index in [0.29, 0.717) is 12.1 Å². The third-order valence-corrected chi connectivity index (χ3v) is 5.44. The molecule has 1 saturated heterocycles. The highest BCUT2D eigenvalue weighted by Gasteiger charge is 2.30. The summed E-state index contributed by atoms with van der Waals surface area (Å²) in [5.41, 5.74) is 2.91. The number of anilines is 1. The van der Waals surface area contributed by atoms with Crippen LogP contribution in [0.4, 0.5) is 10.1 Å². The summed E-state index contributed by atoms with van der Waals surface area (Å²) in [6.07, 6.45) is 6.79. The van der Waals surface area contributed by atoms with Crippen LogP contribution in [0.1, 0.15) is 49.3 Å². The Morgan fingerprint density at radius 3 is 2.77 bits per heavy atom. The molecule has 6 heteroatoms. The maximum absolute atomic E-state index is 14.3. The number of halogens is 1. The van der Waals surface area contributed by atoms with E-state index in [4.69, 9.17) is 0 Å². The maximum atomic E-state index is 14.3. The molecular formula is C20H22FN3O2. The lowest BCUT2D eigenvalue weighted by molar-refractivity contribution is -0.117. The lowest BCUT2D eigenvalue weighted by atomic mass is 9.94. The number of hydrogen-bond donors (Lipinski definition) is 0. The zero-order valence-corrected chi connectivity index (χ0v) is 14.9. The Kier molecular flexibility index (Phi) is 4.34. The van der Waals surface area contributed by atoms with E-state index in [1.54, 1.807) is 18.3 Å². The number of aryl methyl sites for hydroxylation is 1. The molecule has 2 aliphatic rings. The van der Waals surface area contributed by atoms with Gasteiger partial charge in [0.1, 0.15) is 5.82 Å². The fraction of sp³-hybridized carbons (Fsp3) is 0.450. The second kappa shape index (κ2) is 6.67. The van der Waals surface area contributed by atoms with Crippen molar-refractivity contribution in [1.29, 1.82) is 0 Å². The first-order valence-electron chi connectivity index (χ1n) is 9.23. The average molecular weight is 355 g/mol. The van der Waals surface area contributed by atoms with E-state index in [1.165, 1.54) is 15.6 Å². The molecule has 0 N–H and O–H groups in total. The number of aromatic nitrogens is 2. The second-order valence-corrected chi connectivity index (χ2v) is 7.26. The summed E-state index contributed by atoms with van der Waals surface area (Å²) in [7, 11) is 0. The van der Waals surface area contributed by atoms with Gasteiger partial charge in [-0.25, -0.2) is 9.07 Å². The van der Waals surface area contributed by atoms with Crippen molar-refractivity contribution < 1.29 is 9.18 Å². The van der Waals surface area contributed by atoms with Gasteiger partial charge in [-0.1, -0.05) is 6.07 Å². The highest BCUT2D eigenvalue weighted by atomic mass is 19.1. The molecule has 0 radical (unpaired) electrons. The van der Waals surface area contributed by atoms with Gasteiger partial charge in [0.15, 0.2) is 0 Å². The zero-order valence-electron chi connectivity index (χ0n) is 14.9. The molecule has 2 aromatic rings. The Morgan fingerprint density at radius 1 is 1.19 bits per heavy atom. The predicted molar refractivity (Wildman–Crippen MR) is 96.8 cm³/mol. The predicted octanol–water partition coefficient (Wildman–Crippen LogP) is 2.82. The molecule has 1 aliphatic heterocycles. The minimum absolute atomic E-state index is 0.0168. The van der Waals surface area contributed by atoms with E-state index in [0.717, 1.165) is 48.8 Å². The van der Waals surface area contributed by atoms with E-state index >= 15 is 0 Å².